The fraction of sp³-hybridized carbons (Fsp3) is 0.368. The molecule has 0 radical (unpaired) electrons. The van der Waals surface area contributed by atoms with E-state index in [1.54, 1.807) is 19.1 Å². The zero-order valence-corrected chi connectivity index (χ0v) is 18.6. The molecule has 0 aromatic heterocycles. The quantitative estimate of drug-likeness (QED) is 0.463. The molecule has 0 bridgehead atoms. The van der Waals surface area contributed by atoms with Crippen LogP contribution in [0.3, 0.4) is 0 Å². The molecule has 1 aliphatic rings. The molecule has 1 aliphatic heterocycles. The molecule has 30 heavy (non-hydrogen) atoms. The molecule has 0 amide bonds. The lowest BCUT2D eigenvalue weighted by atomic mass is 10.1. The van der Waals surface area contributed by atoms with Crippen molar-refractivity contribution >= 4 is 27.5 Å². The number of thioether (sulfide) groups is 1. The lowest BCUT2D eigenvalue weighted by Crippen LogP contribution is -2.30. The summed E-state index contributed by atoms with van der Waals surface area (Å²) in [5.41, 5.74) is 0.777. The van der Waals surface area contributed by atoms with E-state index >= 15 is 0 Å². The van der Waals surface area contributed by atoms with Crippen LogP contribution in [0.4, 0.5) is 5.69 Å². The van der Waals surface area contributed by atoms with Crippen molar-refractivity contribution in [1.82, 2.24) is 4.31 Å². The average Bonchev–Trinajstić information content (AvgIpc) is 3.23. The SMILES string of the molecule is COc1cc(OC)c(C2SCCN2S(=O)(=O)c2ccc(C)c([N+](=O)[O-])c2)cc1OC. The third-order valence-electron chi connectivity index (χ3n) is 4.83. The highest BCUT2D eigenvalue weighted by atomic mass is 32.2. The molecule has 2 aromatic carbocycles. The first kappa shape index (κ1) is 22.2. The molecule has 9 nitrogen and oxygen atoms in total. The molecule has 3 rings (SSSR count). The predicted octanol–water partition coefficient (Wildman–Crippen LogP) is 3.37. The van der Waals surface area contributed by atoms with Gasteiger partial charge in [0.2, 0.25) is 10.0 Å². The predicted molar refractivity (Wildman–Crippen MR) is 113 cm³/mol. The molecule has 0 spiro atoms. The average molecular weight is 455 g/mol. The van der Waals surface area contributed by atoms with Crippen LogP contribution >= 0.6 is 11.8 Å². The van der Waals surface area contributed by atoms with E-state index < -0.39 is 20.3 Å². The van der Waals surface area contributed by atoms with E-state index in [1.165, 1.54) is 49.5 Å². The highest BCUT2D eigenvalue weighted by molar-refractivity contribution is 8.01. The Morgan fingerprint density at radius 2 is 1.70 bits per heavy atom. The van der Waals surface area contributed by atoms with Gasteiger partial charge in [-0.1, -0.05) is 6.07 Å². The molecule has 1 saturated heterocycles. The number of hydrogen-bond acceptors (Lipinski definition) is 8. The standard InChI is InChI=1S/C19H22N2O7S2/c1-12-5-6-13(9-15(12)21(22)23)30(24,25)20-7-8-29-19(20)14-10-17(27-3)18(28-4)11-16(14)26-2/h5-6,9-11,19H,7-8H2,1-4H3. The minimum absolute atomic E-state index is 0.119. The van der Waals surface area contributed by atoms with Crippen LogP contribution in [0.25, 0.3) is 0 Å². The smallest absolute Gasteiger partial charge is 0.273 e. The zero-order chi connectivity index (χ0) is 22.1. The lowest BCUT2D eigenvalue weighted by Gasteiger charge is -2.25. The van der Waals surface area contributed by atoms with Gasteiger partial charge in [-0.3, -0.25) is 10.1 Å². The maximum Gasteiger partial charge on any atom is 0.273 e. The summed E-state index contributed by atoms with van der Waals surface area (Å²) >= 11 is 1.44. The maximum atomic E-state index is 13.4. The summed E-state index contributed by atoms with van der Waals surface area (Å²) in [4.78, 5) is 10.6. The second kappa shape index (κ2) is 8.70. The van der Waals surface area contributed by atoms with Gasteiger partial charge in [0.05, 0.1) is 36.5 Å². The molecule has 0 N–H and O–H groups in total. The van der Waals surface area contributed by atoms with Crippen LogP contribution in [-0.2, 0) is 10.0 Å². The van der Waals surface area contributed by atoms with Crippen LogP contribution < -0.4 is 14.2 Å². The van der Waals surface area contributed by atoms with Gasteiger partial charge in [0.25, 0.3) is 5.69 Å². The lowest BCUT2D eigenvalue weighted by molar-refractivity contribution is -0.385. The molecule has 0 saturated carbocycles. The Morgan fingerprint density at radius 3 is 2.30 bits per heavy atom. The Kier molecular flexibility index (Phi) is 6.44. The molecule has 1 unspecified atom stereocenters. The number of rotatable bonds is 7. The van der Waals surface area contributed by atoms with E-state index in [1.807, 2.05) is 0 Å². The maximum absolute atomic E-state index is 13.4. The molecule has 1 fully saturated rings. The summed E-state index contributed by atoms with van der Waals surface area (Å²) in [5, 5.41) is 10.7. The van der Waals surface area contributed by atoms with Crippen molar-refractivity contribution < 1.29 is 27.6 Å². The van der Waals surface area contributed by atoms with E-state index in [-0.39, 0.29) is 17.1 Å². The number of nitro groups is 1. The first-order valence-electron chi connectivity index (χ1n) is 8.93. The van der Waals surface area contributed by atoms with E-state index in [9.17, 15) is 18.5 Å². The Hall–Kier alpha value is -2.50. The third kappa shape index (κ3) is 3.92. The fourth-order valence-corrected chi connectivity index (χ4v) is 6.54. The van der Waals surface area contributed by atoms with Gasteiger partial charge in [0.15, 0.2) is 11.5 Å². The molecule has 1 heterocycles. The largest absolute Gasteiger partial charge is 0.496 e. The van der Waals surface area contributed by atoms with Crippen molar-refractivity contribution in [2.24, 2.45) is 0 Å². The minimum atomic E-state index is -3.99. The summed E-state index contributed by atoms with van der Waals surface area (Å²) in [6.07, 6.45) is 0. The highest BCUT2D eigenvalue weighted by Gasteiger charge is 2.39. The Morgan fingerprint density at radius 1 is 1.07 bits per heavy atom. The number of nitrogens with zero attached hydrogens (tertiary/aromatic N) is 2. The molecule has 11 heteroatoms. The topological polar surface area (TPSA) is 108 Å². The Labute approximate surface area is 179 Å². The van der Waals surface area contributed by atoms with Gasteiger partial charge in [-0.25, -0.2) is 8.42 Å². The summed E-state index contributed by atoms with van der Waals surface area (Å²) in [5.74, 6) is 1.94. The molecule has 0 aliphatic carbocycles. The van der Waals surface area contributed by atoms with Gasteiger partial charge in [-0.2, -0.15) is 4.31 Å². The fourth-order valence-electron chi connectivity index (χ4n) is 3.27. The number of sulfonamides is 1. The van der Waals surface area contributed by atoms with Crippen molar-refractivity contribution in [3.05, 3.63) is 51.6 Å². The second-order valence-corrected chi connectivity index (χ2v) is 9.57. The third-order valence-corrected chi connectivity index (χ3v) is 8.07. The summed E-state index contributed by atoms with van der Waals surface area (Å²) < 4.78 is 44.2. The first-order valence-corrected chi connectivity index (χ1v) is 11.4. The summed E-state index contributed by atoms with van der Waals surface area (Å²) in [7, 11) is 0.502. The molecule has 162 valence electrons. The highest BCUT2D eigenvalue weighted by Crippen LogP contribution is 2.48. The number of methoxy groups -OCH3 is 3. The van der Waals surface area contributed by atoms with Gasteiger partial charge < -0.3 is 14.2 Å². The number of aryl methyl sites for hydroxylation is 1. The summed E-state index contributed by atoms with van der Waals surface area (Å²) in [6.45, 7) is 1.83. The van der Waals surface area contributed by atoms with Crippen LogP contribution in [0.15, 0.2) is 35.2 Å². The van der Waals surface area contributed by atoms with Crippen LogP contribution in [0.1, 0.15) is 16.5 Å². The Bertz CT molecular complexity index is 1070. The molecular formula is C19H22N2O7S2. The van der Waals surface area contributed by atoms with E-state index in [0.29, 0.717) is 34.1 Å². The number of ether oxygens (including phenoxy) is 3. The van der Waals surface area contributed by atoms with Crippen molar-refractivity contribution in [3.63, 3.8) is 0 Å². The number of benzene rings is 2. The van der Waals surface area contributed by atoms with Gasteiger partial charge in [-0.05, 0) is 19.1 Å². The zero-order valence-electron chi connectivity index (χ0n) is 16.9. The van der Waals surface area contributed by atoms with E-state index in [0.717, 1.165) is 6.07 Å². The van der Waals surface area contributed by atoms with Crippen LogP contribution in [0.5, 0.6) is 17.2 Å². The van der Waals surface area contributed by atoms with Crippen molar-refractivity contribution in [3.8, 4) is 17.2 Å². The van der Waals surface area contributed by atoms with E-state index in [2.05, 4.69) is 0 Å². The van der Waals surface area contributed by atoms with Crippen molar-refractivity contribution in [2.45, 2.75) is 17.2 Å². The Balaban J connectivity index is 2.08. The summed E-state index contributed by atoms with van der Waals surface area (Å²) in [6, 6.07) is 7.29. The van der Waals surface area contributed by atoms with Crippen LogP contribution in [-0.4, -0.2) is 51.3 Å². The molecular weight excluding hydrogens is 432 g/mol. The van der Waals surface area contributed by atoms with Gasteiger partial charge in [0, 0.05) is 35.6 Å². The number of hydrogen-bond donors (Lipinski definition) is 0. The van der Waals surface area contributed by atoms with E-state index in [4.69, 9.17) is 14.2 Å². The van der Waals surface area contributed by atoms with Crippen molar-refractivity contribution in [2.75, 3.05) is 33.6 Å². The molecule has 2 aromatic rings. The minimum Gasteiger partial charge on any atom is -0.496 e. The monoisotopic (exact) mass is 454 g/mol. The van der Waals surface area contributed by atoms with Crippen LogP contribution in [0.2, 0.25) is 0 Å². The second-order valence-electron chi connectivity index (χ2n) is 6.49. The van der Waals surface area contributed by atoms with Gasteiger partial charge in [0.1, 0.15) is 5.75 Å². The number of nitro benzene ring substituents is 1. The first-order chi connectivity index (χ1) is 14.2. The van der Waals surface area contributed by atoms with Crippen molar-refractivity contribution in [1.29, 1.82) is 0 Å². The normalized spacial score (nSPS) is 17.0. The van der Waals surface area contributed by atoms with Gasteiger partial charge in [-0.15, -0.1) is 11.8 Å². The van der Waals surface area contributed by atoms with Crippen LogP contribution in [0, 0.1) is 17.0 Å². The van der Waals surface area contributed by atoms with Gasteiger partial charge >= 0.3 is 0 Å². The molecule has 1 atom stereocenters.